The first-order valence-electron chi connectivity index (χ1n) is 9.59. The molecule has 6 nitrogen and oxygen atoms in total. The Labute approximate surface area is 186 Å². The number of benzene rings is 2. The first kappa shape index (κ1) is 21.7. The molecule has 3 aromatic rings. The van der Waals surface area contributed by atoms with Crippen LogP contribution in [0.3, 0.4) is 0 Å². The van der Waals surface area contributed by atoms with E-state index in [1.165, 1.54) is 34.7 Å². The number of para-hydroxylation sites is 1. The summed E-state index contributed by atoms with van der Waals surface area (Å²) in [5.41, 5.74) is 1.41. The second kappa shape index (κ2) is 8.55. The van der Waals surface area contributed by atoms with Crippen molar-refractivity contribution in [3.05, 3.63) is 75.8 Å². The topological polar surface area (TPSA) is 71.2 Å². The highest BCUT2D eigenvalue weighted by atomic mass is 35.5. The molecule has 0 N–H and O–H groups in total. The van der Waals surface area contributed by atoms with E-state index in [1.807, 2.05) is 6.07 Å². The van der Waals surface area contributed by atoms with Gasteiger partial charge in [0.1, 0.15) is 28.9 Å². The molecule has 1 aliphatic heterocycles. The summed E-state index contributed by atoms with van der Waals surface area (Å²) in [7, 11) is 0. The fourth-order valence-electron chi connectivity index (χ4n) is 3.41. The van der Waals surface area contributed by atoms with Crippen molar-refractivity contribution in [2.45, 2.75) is 32.5 Å². The van der Waals surface area contributed by atoms with Crippen LogP contribution in [-0.4, -0.2) is 33.1 Å². The Morgan fingerprint density at radius 2 is 2.00 bits per heavy atom. The van der Waals surface area contributed by atoms with Crippen LogP contribution in [0.2, 0.25) is 5.02 Å². The fourth-order valence-corrected chi connectivity index (χ4v) is 3.69. The number of carbonyl (C=O) groups excluding carboxylic acids is 1. The largest absolute Gasteiger partial charge is 0.484 e. The van der Waals surface area contributed by atoms with Crippen molar-refractivity contribution in [3.8, 4) is 17.5 Å². The molecule has 10 heteroatoms. The van der Waals surface area contributed by atoms with Crippen LogP contribution in [0.15, 0.2) is 42.6 Å². The number of fused-ring (bicyclic) bond motifs is 1. The number of carbonyl (C=O) groups is 1. The number of halogens is 4. The quantitative estimate of drug-likeness (QED) is 0.552. The van der Waals surface area contributed by atoms with Crippen molar-refractivity contribution in [3.63, 3.8) is 0 Å². The molecule has 1 aromatic heterocycles. The average molecular weight is 461 g/mol. The van der Waals surface area contributed by atoms with Crippen molar-refractivity contribution in [1.82, 2.24) is 14.7 Å². The summed E-state index contributed by atoms with van der Waals surface area (Å²) in [5, 5.41) is 13.5. The van der Waals surface area contributed by atoms with Crippen molar-refractivity contribution in [2.24, 2.45) is 0 Å². The van der Waals surface area contributed by atoms with Crippen LogP contribution in [0.5, 0.6) is 5.75 Å². The summed E-state index contributed by atoms with van der Waals surface area (Å²) in [5.74, 6) is -1.15. The summed E-state index contributed by atoms with van der Waals surface area (Å²) in [6.07, 6.45) is -2.63. The van der Waals surface area contributed by atoms with E-state index in [4.69, 9.17) is 16.3 Å². The van der Waals surface area contributed by atoms with Gasteiger partial charge in [0.15, 0.2) is 6.10 Å². The maximum Gasteiger partial charge on any atom is 0.274 e. The molecule has 1 unspecified atom stereocenters. The minimum Gasteiger partial charge on any atom is -0.484 e. The van der Waals surface area contributed by atoms with E-state index in [-0.39, 0.29) is 40.7 Å². The second-order valence-electron chi connectivity index (χ2n) is 7.23. The Bertz CT molecular complexity index is 1210. The molecule has 0 saturated heterocycles. The van der Waals surface area contributed by atoms with Crippen LogP contribution in [-0.2, 0) is 13.1 Å². The van der Waals surface area contributed by atoms with Gasteiger partial charge in [-0.05, 0) is 31.2 Å². The maximum absolute atomic E-state index is 14.1. The Morgan fingerprint density at radius 3 is 2.66 bits per heavy atom. The number of nitrogens with zero attached hydrogens (tertiary/aromatic N) is 4. The highest BCUT2D eigenvalue weighted by Crippen LogP contribution is 2.34. The van der Waals surface area contributed by atoms with Gasteiger partial charge >= 0.3 is 0 Å². The number of ether oxygens (including phenoxy) is 1. The van der Waals surface area contributed by atoms with E-state index >= 15 is 0 Å². The van der Waals surface area contributed by atoms with Crippen molar-refractivity contribution >= 4 is 17.5 Å². The first-order chi connectivity index (χ1) is 15.3. The molecule has 32 heavy (non-hydrogen) atoms. The molecule has 0 spiro atoms. The molecular weight excluding hydrogens is 445 g/mol. The summed E-state index contributed by atoms with van der Waals surface area (Å²) in [6, 6.07) is 10.6. The van der Waals surface area contributed by atoms with Crippen LogP contribution >= 0.6 is 11.6 Å². The first-order valence-corrected chi connectivity index (χ1v) is 9.97. The molecule has 1 atom stereocenters. The van der Waals surface area contributed by atoms with E-state index < -0.39 is 24.3 Å². The number of alkyl halides is 2. The van der Waals surface area contributed by atoms with Crippen molar-refractivity contribution < 1.29 is 22.7 Å². The van der Waals surface area contributed by atoms with Crippen molar-refractivity contribution in [2.75, 3.05) is 0 Å². The van der Waals surface area contributed by atoms with Gasteiger partial charge in [-0.25, -0.2) is 17.9 Å². The van der Waals surface area contributed by atoms with Gasteiger partial charge in [0.05, 0.1) is 22.8 Å². The Kier molecular flexibility index (Phi) is 5.80. The number of nitriles is 1. The Balaban J connectivity index is 1.62. The standard InChI is InChI=1S/C22H16ClF3N4O2/c1-12(21(25)26)32-18-7-6-13(8-27)20(23)19(18)22(31)29-9-14-10-30(28-16(14)11-29)17-5-3-2-4-15(17)24/h2-7,10,12,21H,9,11H2,1H3. The molecule has 0 bridgehead atoms. The lowest BCUT2D eigenvalue weighted by Crippen LogP contribution is -2.28. The third-order valence-corrected chi connectivity index (χ3v) is 5.46. The van der Waals surface area contributed by atoms with Gasteiger partial charge in [0, 0.05) is 18.3 Å². The molecule has 4 rings (SSSR count). The molecule has 0 aliphatic carbocycles. The molecule has 0 saturated carbocycles. The molecule has 164 valence electrons. The zero-order valence-electron chi connectivity index (χ0n) is 16.7. The monoisotopic (exact) mass is 460 g/mol. The minimum atomic E-state index is -2.78. The molecule has 0 fully saturated rings. The van der Waals surface area contributed by atoms with Crippen molar-refractivity contribution in [1.29, 1.82) is 5.26 Å². The van der Waals surface area contributed by atoms with Gasteiger partial charge in [0.25, 0.3) is 12.3 Å². The maximum atomic E-state index is 14.1. The van der Waals surface area contributed by atoms with E-state index in [1.54, 1.807) is 24.4 Å². The number of hydrogen-bond acceptors (Lipinski definition) is 4. The van der Waals surface area contributed by atoms with Gasteiger partial charge in [0.2, 0.25) is 0 Å². The summed E-state index contributed by atoms with van der Waals surface area (Å²) >= 11 is 6.26. The Hall–Kier alpha value is -3.51. The number of aromatic nitrogens is 2. The smallest absolute Gasteiger partial charge is 0.274 e. The predicted octanol–water partition coefficient (Wildman–Crippen LogP) is 4.72. The highest BCUT2D eigenvalue weighted by molar-refractivity contribution is 6.35. The van der Waals surface area contributed by atoms with Crippen LogP contribution in [0.25, 0.3) is 5.69 Å². The van der Waals surface area contributed by atoms with Gasteiger partial charge in [-0.2, -0.15) is 10.4 Å². The fraction of sp³-hybridized carbons (Fsp3) is 0.227. The molecule has 0 radical (unpaired) electrons. The van der Waals surface area contributed by atoms with Gasteiger partial charge in [-0.3, -0.25) is 4.79 Å². The molecule has 2 aromatic carbocycles. The lowest BCUT2D eigenvalue weighted by Gasteiger charge is -2.21. The van der Waals surface area contributed by atoms with E-state index in [0.717, 1.165) is 0 Å². The number of hydrogen-bond donors (Lipinski definition) is 0. The Morgan fingerprint density at radius 1 is 1.25 bits per heavy atom. The van der Waals surface area contributed by atoms with Crippen LogP contribution < -0.4 is 4.74 Å². The van der Waals surface area contributed by atoms with Gasteiger partial charge < -0.3 is 9.64 Å². The number of amides is 1. The lowest BCUT2D eigenvalue weighted by atomic mass is 10.1. The average Bonchev–Trinajstić information content (AvgIpc) is 3.33. The summed E-state index contributed by atoms with van der Waals surface area (Å²) < 4.78 is 46.7. The van der Waals surface area contributed by atoms with Gasteiger partial charge in [-0.1, -0.05) is 23.7 Å². The zero-order valence-corrected chi connectivity index (χ0v) is 17.5. The molecule has 2 heterocycles. The normalized spacial score (nSPS) is 13.7. The zero-order chi connectivity index (χ0) is 23.0. The van der Waals surface area contributed by atoms with Crippen LogP contribution in [0, 0.1) is 17.1 Å². The third kappa shape index (κ3) is 3.89. The van der Waals surface area contributed by atoms with E-state index in [0.29, 0.717) is 11.3 Å². The third-order valence-electron chi connectivity index (χ3n) is 5.07. The van der Waals surface area contributed by atoms with Crippen LogP contribution in [0.4, 0.5) is 13.2 Å². The molecule has 1 amide bonds. The van der Waals surface area contributed by atoms with Crippen LogP contribution in [0.1, 0.15) is 34.1 Å². The van der Waals surface area contributed by atoms with E-state index in [9.17, 15) is 23.2 Å². The number of rotatable bonds is 5. The highest BCUT2D eigenvalue weighted by Gasteiger charge is 2.32. The molecular formula is C22H16ClF3N4O2. The SMILES string of the molecule is CC(Oc1ccc(C#N)c(Cl)c1C(=O)N1Cc2cn(-c3ccccc3F)nc2C1)C(F)F. The second-order valence-corrected chi connectivity index (χ2v) is 7.61. The minimum absolute atomic E-state index is 0.0220. The van der Waals surface area contributed by atoms with Gasteiger partial charge in [-0.15, -0.1) is 0 Å². The predicted molar refractivity (Wildman–Crippen MR) is 109 cm³/mol. The lowest BCUT2D eigenvalue weighted by molar-refractivity contribution is 0.0217. The summed E-state index contributed by atoms with van der Waals surface area (Å²) in [6.45, 7) is 1.42. The van der Waals surface area contributed by atoms with E-state index in [2.05, 4.69) is 5.10 Å². The molecule has 1 aliphatic rings. The summed E-state index contributed by atoms with van der Waals surface area (Å²) in [4.78, 5) is 14.7.